The van der Waals surface area contributed by atoms with E-state index in [-0.39, 0.29) is 51.0 Å². The molecular weight excluding hydrogens is 366 g/mol. The first-order valence-electron chi connectivity index (χ1n) is 7.62. The Hall–Kier alpha value is 0.943. The van der Waals surface area contributed by atoms with Crippen molar-refractivity contribution in [1.82, 2.24) is 0 Å². The van der Waals surface area contributed by atoms with Gasteiger partial charge in [0.05, 0.1) is 0 Å². The maximum absolute atomic E-state index is 3.81. The van der Waals surface area contributed by atoms with Crippen LogP contribution in [0.4, 0.5) is 0 Å². The summed E-state index contributed by atoms with van der Waals surface area (Å²) < 4.78 is 0. The summed E-state index contributed by atoms with van der Waals surface area (Å²) in [7, 11) is 0. The quantitative estimate of drug-likeness (QED) is 0.401. The molecule has 20 heavy (non-hydrogen) atoms. The molecule has 0 nitrogen and oxygen atoms in total. The fourth-order valence-electron chi connectivity index (χ4n) is 2.95. The second-order valence-electron chi connectivity index (χ2n) is 5.22. The van der Waals surface area contributed by atoms with Crippen molar-refractivity contribution in [2.24, 2.45) is 5.92 Å². The van der Waals surface area contributed by atoms with Gasteiger partial charge in [0.1, 0.15) is 0 Å². The first kappa shape index (κ1) is 25.9. The van der Waals surface area contributed by atoms with Gasteiger partial charge in [0, 0.05) is 26.2 Å². The van der Waals surface area contributed by atoms with Gasteiger partial charge in [0.15, 0.2) is 0 Å². The van der Waals surface area contributed by atoms with Crippen LogP contribution < -0.4 is 0 Å². The molecule has 0 saturated carbocycles. The van der Waals surface area contributed by atoms with Crippen molar-refractivity contribution in [3.05, 3.63) is 22.8 Å². The van der Waals surface area contributed by atoms with E-state index in [2.05, 4.69) is 33.8 Å². The molecule has 1 aliphatic rings. The van der Waals surface area contributed by atoms with E-state index in [0.717, 1.165) is 0 Å². The molecule has 0 heterocycles. The van der Waals surface area contributed by atoms with Crippen molar-refractivity contribution in [2.45, 2.75) is 79.1 Å². The van der Waals surface area contributed by atoms with Gasteiger partial charge in [0.25, 0.3) is 0 Å². The van der Waals surface area contributed by atoms with Gasteiger partial charge in [-0.3, -0.25) is 6.08 Å². The minimum atomic E-state index is 0. The zero-order chi connectivity index (χ0) is 12.7. The molecule has 1 aliphatic carbocycles. The molecule has 0 fully saturated rings. The average Bonchev–Trinajstić information content (AvgIpc) is 2.61. The Morgan fingerprint density at radius 2 is 1.35 bits per heavy atom. The summed E-state index contributed by atoms with van der Waals surface area (Å²) >= 11 is 0. The van der Waals surface area contributed by atoms with Crippen molar-refractivity contribution < 1.29 is 26.2 Å². The predicted octanol–water partition coefficient (Wildman–Crippen LogP) is 6.68. The van der Waals surface area contributed by atoms with Gasteiger partial charge in [-0.05, 0) is 6.42 Å². The first-order chi connectivity index (χ1) is 8.28. The zero-order valence-electron chi connectivity index (χ0n) is 13.6. The molecule has 0 spiro atoms. The van der Waals surface area contributed by atoms with Crippen LogP contribution in [0.15, 0.2) is 16.7 Å². The van der Waals surface area contributed by atoms with Crippen LogP contribution in [0.2, 0.25) is 0 Å². The summed E-state index contributed by atoms with van der Waals surface area (Å²) in [6, 6.07) is 0. The molecule has 3 heteroatoms. The molecule has 0 aromatic heterocycles. The second kappa shape index (κ2) is 14.9. The standard InChI is InChI=1S/C17H29.2ClH.Zr/c1-5-9-14-13-15(10-6-2)17(12-8-4)16(14)11-7-3;;;/h14H,5-12H2,1-4H3;2*1H;/q-1;;;. The van der Waals surface area contributed by atoms with Gasteiger partial charge in [-0.1, -0.05) is 78.6 Å². The van der Waals surface area contributed by atoms with Crippen molar-refractivity contribution in [3.63, 3.8) is 0 Å². The van der Waals surface area contributed by atoms with Gasteiger partial charge in [-0.25, -0.2) is 5.57 Å². The van der Waals surface area contributed by atoms with Crippen molar-refractivity contribution in [3.8, 4) is 0 Å². The smallest absolute Gasteiger partial charge is 0 e. The number of allylic oxidation sites excluding steroid dienone is 4. The molecule has 0 aromatic rings. The maximum atomic E-state index is 3.81. The Balaban J connectivity index is -0.000000963. The third kappa shape index (κ3) is 7.28. The molecule has 0 saturated heterocycles. The first-order valence-corrected chi connectivity index (χ1v) is 7.62. The summed E-state index contributed by atoms with van der Waals surface area (Å²) in [6.07, 6.45) is 14.0. The summed E-state index contributed by atoms with van der Waals surface area (Å²) in [5.74, 6) is 0.656. The second-order valence-corrected chi connectivity index (χ2v) is 5.22. The summed E-state index contributed by atoms with van der Waals surface area (Å²) in [6.45, 7) is 9.18. The minimum Gasteiger partial charge on any atom is -0.266 e. The number of halogens is 2. The van der Waals surface area contributed by atoms with Gasteiger partial charge >= 0.3 is 0 Å². The monoisotopic (exact) mass is 395 g/mol. The largest absolute Gasteiger partial charge is 0.266 e. The van der Waals surface area contributed by atoms with Gasteiger partial charge < -0.3 is 0 Å². The van der Waals surface area contributed by atoms with Gasteiger partial charge in [-0.2, -0.15) is 11.1 Å². The molecule has 0 radical (unpaired) electrons. The van der Waals surface area contributed by atoms with Crippen LogP contribution in [0.25, 0.3) is 0 Å². The molecule has 1 unspecified atom stereocenters. The number of rotatable bonds is 8. The van der Waals surface area contributed by atoms with E-state index in [1.165, 1.54) is 51.4 Å². The maximum Gasteiger partial charge on any atom is 0 e. The normalized spacial score (nSPS) is 17.0. The molecule has 0 amide bonds. The zero-order valence-corrected chi connectivity index (χ0v) is 17.6. The average molecular weight is 398 g/mol. The Labute approximate surface area is 158 Å². The topological polar surface area (TPSA) is 0 Å². The van der Waals surface area contributed by atoms with Gasteiger partial charge in [0.2, 0.25) is 0 Å². The predicted molar refractivity (Wildman–Crippen MR) is 91.4 cm³/mol. The van der Waals surface area contributed by atoms with Crippen LogP contribution in [0.5, 0.6) is 0 Å². The van der Waals surface area contributed by atoms with Crippen LogP contribution in [0.3, 0.4) is 0 Å². The van der Waals surface area contributed by atoms with Crippen molar-refractivity contribution in [2.75, 3.05) is 0 Å². The summed E-state index contributed by atoms with van der Waals surface area (Å²) in [5, 5.41) is 0. The number of hydrogen-bond acceptors (Lipinski definition) is 0. The van der Waals surface area contributed by atoms with Crippen LogP contribution in [-0.2, 0) is 26.2 Å². The molecule has 0 bridgehead atoms. The Morgan fingerprint density at radius 3 is 1.80 bits per heavy atom. The van der Waals surface area contributed by atoms with E-state index in [9.17, 15) is 0 Å². The van der Waals surface area contributed by atoms with E-state index >= 15 is 0 Å². The fraction of sp³-hybridized carbons (Fsp3) is 0.765. The van der Waals surface area contributed by atoms with Gasteiger partial charge in [-0.15, -0.1) is 24.8 Å². The van der Waals surface area contributed by atoms with Crippen LogP contribution >= 0.6 is 24.8 Å². The SMILES string of the molecule is CCCC1=[C-]C(CCC)C(CCC)=C1CCC.Cl.Cl.[Zr]. The van der Waals surface area contributed by atoms with Crippen LogP contribution in [0.1, 0.15) is 79.1 Å². The molecule has 1 rings (SSSR count). The molecule has 118 valence electrons. The Kier molecular flexibility index (Phi) is 19.2. The molecule has 1 atom stereocenters. The fourth-order valence-corrected chi connectivity index (χ4v) is 2.95. The molecule has 0 aliphatic heterocycles. The molecule has 0 aromatic carbocycles. The minimum absolute atomic E-state index is 0. The summed E-state index contributed by atoms with van der Waals surface area (Å²) in [5.41, 5.74) is 4.99. The molecular formula is C17H31Cl2Zr-. The third-order valence-corrected chi connectivity index (χ3v) is 3.62. The third-order valence-electron chi connectivity index (χ3n) is 3.62. The van der Waals surface area contributed by atoms with Crippen LogP contribution in [-0.4, -0.2) is 0 Å². The van der Waals surface area contributed by atoms with E-state index in [1.54, 1.807) is 16.7 Å². The van der Waals surface area contributed by atoms with E-state index in [0.29, 0.717) is 5.92 Å². The van der Waals surface area contributed by atoms with E-state index < -0.39 is 0 Å². The van der Waals surface area contributed by atoms with Crippen molar-refractivity contribution in [1.29, 1.82) is 0 Å². The Morgan fingerprint density at radius 1 is 0.800 bits per heavy atom. The van der Waals surface area contributed by atoms with E-state index in [4.69, 9.17) is 0 Å². The number of hydrogen-bond donors (Lipinski definition) is 0. The van der Waals surface area contributed by atoms with Crippen molar-refractivity contribution >= 4 is 24.8 Å². The van der Waals surface area contributed by atoms with E-state index in [1.807, 2.05) is 0 Å². The Bertz CT molecular complexity index is 295. The summed E-state index contributed by atoms with van der Waals surface area (Å²) in [4.78, 5) is 0. The van der Waals surface area contributed by atoms with Crippen LogP contribution in [0, 0.1) is 12.0 Å². The molecule has 0 N–H and O–H groups in total.